The molecule has 0 heterocycles. The minimum atomic E-state index is -3.24. The Labute approximate surface area is 143 Å². The Morgan fingerprint density at radius 2 is 2.00 bits per heavy atom. The molecule has 0 bridgehead atoms. The van der Waals surface area contributed by atoms with Crippen molar-refractivity contribution >= 4 is 15.7 Å². The second-order valence-electron chi connectivity index (χ2n) is 6.54. The van der Waals surface area contributed by atoms with E-state index in [4.69, 9.17) is 10.5 Å². The molecule has 1 saturated carbocycles. The van der Waals surface area contributed by atoms with Crippen LogP contribution in [0.25, 0.3) is 0 Å². The molecule has 0 aliphatic heterocycles. The molecule has 0 unspecified atom stereocenters. The Morgan fingerprint density at radius 3 is 2.62 bits per heavy atom. The third-order valence-corrected chi connectivity index (χ3v) is 5.52. The van der Waals surface area contributed by atoms with Crippen molar-refractivity contribution < 1.29 is 17.9 Å². The lowest BCUT2D eigenvalue weighted by Crippen LogP contribution is -2.52. The number of rotatable bonds is 7. The van der Waals surface area contributed by atoms with E-state index in [9.17, 15) is 13.2 Å². The molecule has 2 N–H and O–H groups in total. The first-order valence-corrected chi connectivity index (χ1v) is 10.1. The van der Waals surface area contributed by atoms with Crippen LogP contribution in [0.3, 0.4) is 0 Å². The fraction of sp³-hybridized carbons (Fsp3) is 0.588. The molecule has 2 rings (SSSR count). The van der Waals surface area contributed by atoms with Crippen LogP contribution >= 0.6 is 0 Å². The van der Waals surface area contributed by atoms with Crippen LogP contribution in [0.15, 0.2) is 29.2 Å². The summed E-state index contributed by atoms with van der Waals surface area (Å²) in [5.74, 6) is 0.511. The summed E-state index contributed by atoms with van der Waals surface area (Å²) in [4.78, 5) is 14.3. The summed E-state index contributed by atoms with van der Waals surface area (Å²) in [7, 11) is -1.48. The molecule has 134 valence electrons. The highest BCUT2D eigenvalue weighted by molar-refractivity contribution is 7.90. The van der Waals surface area contributed by atoms with Gasteiger partial charge in [0.2, 0.25) is 5.91 Å². The number of ether oxygens (including phenoxy) is 1. The number of amides is 1. The van der Waals surface area contributed by atoms with Gasteiger partial charge in [0.1, 0.15) is 5.75 Å². The minimum Gasteiger partial charge on any atom is -0.493 e. The number of carbonyl (C=O) groups is 1. The molecule has 0 spiro atoms. The minimum absolute atomic E-state index is 0.000858. The Morgan fingerprint density at radius 1 is 1.33 bits per heavy atom. The molecule has 0 saturated heterocycles. The van der Waals surface area contributed by atoms with Crippen molar-refractivity contribution in [3.05, 3.63) is 24.3 Å². The van der Waals surface area contributed by atoms with Crippen LogP contribution < -0.4 is 10.5 Å². The summed E-state index contributed by atoms with van der Waals surface area (Å²) in [5.41, 5.74) is 5.48. The maximum atomic E-state index is 12.4. The zero-order valence-electron chi connectivity index (χ0n) is 14.3. The summed E-state index contributed by atoms with van der Waals surface area (Å²) in [6, 6.07) is 6.42. The SMILES string of the molecule is CN(CCCOc1cccc(S(C)(=O)=O)c1)C(=O)C1(N)CCCC1. The molecule has 24 heavy (non-hydrogen) atoms. The summed E-state index contributed by atoms with van der Waals surface area (Å²) in [6.45, 7) is 0.964. The molecule has 7 heteroatoms. The lowest BCUT2D eigenvalue weighted by Gasteiger charge is -2.28. The highest BCUT2D eigenvalue weighted by atomic mass is 32.2. The lowest BCUT2D eigenvalue weighted by atomic mass is 9.97. The van der Waals surface area contributed by atoms with Crippen LogP contribution in [-0.4, -0.2) is 51.2 Å². The number of nitrogens with two attached hydrogens (primary N) is 1. The fourth-order valence-corrected chi connectivity index (χ4v) is 3.64. The van der Waals surface area contributed by atoms with Crippen molar-refractivity contribution in [3.63, 3.8) is 0 Å². The van der Waals surface area contributed by atoms with Crippen LogP contribution in [-0.2, 0) is 14.6 Å². The molecule has 1 aromatic rings. The maximum Gasteiger partial charge on any atom is 0.242 e. The van der Waals surface area contributed by atoms with Gasteiger partial charge in [-0.3, -0.25) is 4.79 Å². The van der Waals surface area contributed by atoms with E-state index in [0.29, 0.717) is 25.3 Å². The number of benzene rings is 1. The first-order valence-electron chi connectivity index (χ1n) is 8.20. The molecular weight excluding hydrogens is 328 g/mol. The summed E-state index contributed by atoms with van der Waals surface area (Å²) in [5, 5.41) is 0. The van der Waals surface area contributed by atoms with E-state index in [1.54, 1.807) is 24.1 Å². The number of likely N-dealkylation sites (N-methyl/N-ethyl adjacent to an activating group) is 1. The van der Waals surface area contributed by atoms with Crippen LogP contribution in [0.4, 0.5) is 0 Å². The van der Waals surface area contributed by atoms with E-state index in [2.05, 4.69) is 0 Å². The first-order chi connectivity index (χ1) is 11.2. The Hall–Kier alpha value is -1.60. The van der Waals surface area contributed by atoms with Gasteiger partial charge < -0.3 is 15.4 Å². The topological polar surface area (TPSA) is 89.7 Å². The Balaban J connectivity index is 1.80. The summed E-state index contributed by atoms with van der Waals surface area (Å²) in [6.07, 6.45) is 5.35. The second-order valence-corrected chi connectivity index (χ2v) is 8.55. The van der Waals surface area contributed by atoms with E-state index in [1.807, 2.05) is 0 Å². The van der Waals surface area contributed by atoms with E-state index >= 15 is 0 Å². The molecule has 1 aliphatic carbocycles. The molecule has 1 aromatic carbocycles. The summed E-state index contributed by atoms with van der Waals surface area (Å²) < 4.78 is 28.6. The Kier molecular flexibility index (Phi) is 5.87. The number of hydrogen-bond donors (Lipinski definition) is 1. The van der Waals surface area contributed by atoms with Gasteiger partial charge >= 0.3 is 0 Å². The van der Waals surface area contributed by atoms with Crippen molar-refractivity contribution in [2.75, 3.05) is 26.5 Å². The monoisotopic (exact) mass is 354 g/mol. The third-order valence-electron chi connectivity index (χ3n) is 4.41. The van der Waals surface area contributed by atoms with Gasteiger partial charge in [-0.2, -0.15) is 0 Å². The summed E-state index contributed by atoms with van der Waals surface area (Å²) >= 11 is 0. The molecule has 0 aromatic heterocycles. The highest BCUT2D eigenvalue weighted by Crippen LogP contribution is 2.28. The van der Waals surface area contributed by atoms with Crippen molar-refractivity contribution in [1.82, 2.24) is 4.90 Å². The number of carbonyl (C=O) groups excluding carboxylic acids is 1. The number of nitrogens with zero attached hydrogens (tertiary/aromatic N) is 1. The zero-order chi connectivity index (χ0) is 17.8. The van der Waals surface area contributed by atoms with Gasteiger partial charge in [0.05, 0.1) is 17.0 Å². The van der Waals surface area contributed by atoms with E-state index in [-0.39, 0.29) is 10.8 Å². The predicted octanol–water partition coefficient (Wildman–Crippen LogP) is 1.59. The van der Waals surface area contributed by atoms with E-state index in [0.717, 1.165) is 25.7 Å². The Bertz CT molecular complexity index is 682. The average Bonchev–Trinajstić information content (AvgIpc) is 2.98. The molecule has 0 radical (unpaired) electrons. The molecular formula is C17H26N2O4S. The number of hydrogen-bond acceptors (Lipinski definition) is 5. The quantitative estimate of drug-likeness (QED) is 0.751. The van der Waals surface area contributed by atoms with Crippen LogP contribution in [0.5, 0.6) is 5.75 Å². The molecule has 1 amide bonds. The van der Waals surface area contributed by atoms with Gasteiger partial charge in [-0.05, 0) is 37.5 Å². The maximum absolute atomic E-state index is 12.4. The standard InChI is InChI=1S/C17H26N2O4S/c1-19(16(20)17(18)9-3-4-10-17)11-6-12-23-14-7-5-8-15(13-14)24(2,21)22/h5,7-8,13H,3-4,6,9-12,18H2,1-2H3. The van der Waals surface area contributed by atoms with Crippen LogP contribution in [0.2, 0.25) is 0 Å². The average molecular weight is 354 g/mol. The van der Waals surface area contributed by atoms with Crippen LogP contribution in [0.1, 0.15) is 32.1 Å². The lowest BCUT2D eigenvalue weighted by molar-refractivity contribution is -0.135. The molecule has 1 aliphatic rings. The van der Waals surface area contributed by atoms with Crippen molar-refractivity contribution in [3.8, 4) is 5.75 Å². The normalized spacial score (nSPS) is 16.8. The van der Waals surface area contributed by atoms with Crippen molar-refractivity contribution in [1.29, 1.82) is 0 Å². The number of sulfone groups is 1. The van der Waals surface area contributed by atoms with Gasteiger partial charge in [0.25, 0.3) is 0 Å². The molecule has 0 atom stereocenters. The highest BCUT2D eigenvalue weighted by Gasteiger charge is 2.38. The third kappa shape index (κ3) is 4.70. The fourth-order valence-electron chi connectivity index (χ4n) is 2.99. The zero-order valence-corrected chi connectivity index (χ0v) is 15.1. The van der Waals surface area contributed by atoms with E-state index < -0.39 is 15.4 Å². The molecule has 1 fully saturated rings. The van der Waals surface area contributed by atoms with Gasteiger partial charge in [-0.15, -0.1) is 0 Å². The van der Waals surface area contributed by atoms with Gasteiger partial charge in [-0.1, -0.05) is 18.9 Å². The van der Waals surface area contributed by atoms with E-state index in [1.165, 1.54) is 18.4 Å². The van der Waals surface area contributed by atoms with Gasteiger partial charge in [-0.25, -0.2) is 8.42 Å². The first kappa shape index (κ1) is 18.7. The molecule has 6 nitrogen and oxygen atoms in total. The van der Waals surface area contributed by atoms with Gasteiger partial charge in [0, 0.05) is 19.8 Å². The van der Waals surface area contributed by atoms with Crippen LogP contribution in [0, 0.1) is 0 Å². The smallest absolute Gasteiger partial charge is 0.242 e. The predicted molar refractivity (Wildman–Crippen MR) is 92.7 cm³/mol. The second kappa shape index (κ2) is 7.53. The van der Waals surface area contributed by atoms with Gasteiger partial charge in [0.15, 0.2) is 9.84 Å². The van der Waals surface area contributed by atoms with Crippen molar-refractivity contribution in [2.24, 2.45) is 5.73 Å². The van der Waals surface area contributed by atoms with Crippen molar-refractivity contribution in [2.45, 2.75) is 42.5 Å². The largest absolute Gasteiger partial charge is 0.493 e.